The summed E-state index contributed by atoms with van der Waals surface area (Å²) < 4.78 is 12.1. The SMILES string of the molecule is COC(=O)c1cccn1CC1CCN(C(=O)OCc2ccccc2)CC1. The van der Waals surface area contributed by atoms with Gasteiger partial charge in [0.15, 0.2) is 0 Å². The number of benzene rings is 1. The molecule has 1 aliphatic rings. The van der Waals surface area contributed by atoms with Gasteiger partial charge in [-0.15, -0.1) is 0 Å². The molecule has 1 amide bonds. The van der Waals surface area contributed by atoms with Crippen LogP contribution in [0, 0.1) is 5.92 Å². The molecule has 0 N–H and O–H groups in total. The third kappa shape index (κ3) is 4.45. The van der Waals surface area contributed by atoms with Crippen molar-refractivity contribution in [1.29, 1.82) is 0 Å². The molecule has 0 saturated carbocycles. The van der Waals surface area contributed by atoms with E-state index >= 15 is 0 Å². The monoisotopic (exact) mass is 356 g/mol. The van der Waals surface area contributed by atoms with E-state index < -0.39 is 0 Å². The van der Waals surface area contributed by atoms with E-state index in [1.54, 1.807) is 11.0 Å². The molecule has 1 aromatic heterocycles. The molecular formula is C20H24N2O4. The number of esters is 1. The van der Waals surface area contributed by atoms with E-state index in [9.17, 15) is 9.59 Å². The Morgan fingerprint density at radius 2 is 1.81 bits per heavy atom. The Labute approximate surface area is 153 Å². The lowest BCUT2D eigenvalue weighted by atomic mass is 9.97. The Kier molecular flexibility index (Phi) is 5.94. The second-order valence-electron chi connectivity index (χ2n) is 6.51. The second-order valence-corrected chi connectivity index (χ2v) is 6.51. The van der Waals surface area contributed by atoms with Gasteiger partial charge in [0.1, 0.15) is 12.3 Å². The van der Waals surface area contributed by atoms with Gasteiger partial charge in [-0.25, -0.2) is 9.59 Å². The van der Waals surface area contributed by atoms with Gasteiger partial charge in [-0.2, -0.15) is 0 Å². The summed E-state index contributed by atoms with van der Waals surface area (Å²) in [7, 11) is 1.39. The molecule has 0 aliphatic carbocycles. The number of ether oxygens (including phenoxy) is 2. The molecule has 1 saturated heterocycles. The lowest BCUT2D eigenvalue weighted by molar-refractivity contribution is 0.0585. The number of amides is 1. The Balaban J connectivity index is 1.46. The number of piperidine rings is 1. The van der Waals surface area contributed by atoms with Crippen LogP contribution in [-0.4, -0.2) is 41.7 Å². The summed E-state index contributed by atoms with van der Waals surface area (Å²) >= 11 is 0. The van der Waals surface area contributed by atoms with Crippen LogP contribution in [0.4, 0.5) is 4.79 Å². The minimum absolute atomic E-state index is 0.261. The molecule has 1 aliphatic heterocycles. The first-order valence-electron chi connectivity index (χ1n) is 8.86. The summed E-state index contributed by atoms with van der Waals surface area (Å²) in [6, 6.07) is 13.3. The van der Waals surface area contributed by atoms with Crippen LogP contribution in [0.1, 0.15) is 28.9 Å². The molecule has 6 heteroatoms. The smallest absolute Gasteiger partial charge is 0.410 e. The number of hydrogen-bond acceptors (Lipinski definition) is 4. The minimum Gasteiger partial charge on any atom is -0.464 e. The van der Waals surface area contributed by atoms with E-state index in [0.717, 1.165) is 24.9 Å². The van der Waals surface area contributed by atoms with Crippen molar-refractivity contribution in [2.24, 2.45) is 5.92 Å². The highest BCUT2D eigenvalue weighted by Crippen LogP contribution is 2.21. The number of rotatable bonds is 5. The van der Waals surface area contributed by atoms with E-state index in [-0.39, 0.29) is 12.1 Å². The number of likely N-dealkylation sites (tertiary alicyclic amines) is 1. The normalized spacial score (nSPS) is 14.9. The van der Waals surface area contributed by atoms with Crippen LogP contribution in [0.2, 0.25) is 0 Å². The van der Waals surface area contributed by atoms with Crippen LogP contribution in [-0.2, 0) is 22.6 Å². The van der Waals surface area contributed by atoms with Gasteiger partial charge in [0, 0.05) is 25.8 Å². The Bertz CT molecular complexity index is 733. The summed E-state index contributed by atoms with van der Waals surface area (Å²) in [5.74, 6) is 0.0981. The van der Waals surface area contributed by atoms with Crippen molar-refractivity contribution in [3.63, 3.8) is 0 Å². The van der Waals surface area contributed by atoms with Crippen molar-refractivity contribution < 1.29 is 19.1 Å². The van der Waals surface area contributed by atoms with Crippen molar-refractivity contribution in [2.45, 2.75) is 26.0 Å². The number of carbonyl (C=O) groups is 2. The maximum atomic E-state index is 12.2. The van der Waals surface area contributed by atoms with E-state index in [1.165, 1.54) is 7.11 Å². The molecule has 0 unspecified atom stereocenters. The molecule has 26 heavy (non-hydrogen) atoms. The third-order valence-electron chi connectivity index (χ3n) is 4.76. The van der Waals surface area contributed by atoms with E-state index in [1.807, 2.05) is 47.2 Å². The molecule has 0 radical (unpaired) electrons. The minimum atomic E-state index is -0.322. The lowest BCUT2D eigenvalue weighted by Crippen LogP contribution is -2.39. The summed E-state index contributed by atoms with van der Waals surface area (Å²) in [6.45, 7) is 2.40. The van der Waals surface area contributed by atoms with E-state index in [0.29, 0.717) is 31.3 Å². The van der Waals surface area contributed by atoms with Crippen LogP contribution < -0.4 is 0 Å². The van der Waals surface area contributed by atoms with Gasteiger partial charge in [0.25, 0.3) is 0 Å². The quantitative estimate of drug-likeness (QED) is 0.771. The van der Waals surface area contributed by atoms with Crippen LogP contribution in [0.5, 0.6) is 0 Å². The third-order valence-corrected chi connectivity index (χ3v) is 4.76. The van der Waals surface area contributed by atoms with Gasteiger partial charge >= 0.3 is 12.1 Å². The summed E-state index contributed by atoms with van der Waals surface area (Å²) in [5.41, 5.74) is 1.55. The van der Waals surface area contributed by atoms with Gasteiger partial charge in [-0.1, -0.05) is 30.3 Å². The average molecular weight is 356 g/mol. The molecule has 138 valence electrons. The van der Waals surface area contributed by atoms with Gasteiger partial charge in [-0.05, 0) is 36.5 Å². The molecular weight excluding hydrogens is 332 g/mol. The predicted molar refractivity (Wildman–Crippen MR) is 96.7 cm³/mol. The number of nitrogens with zero attached hydrogens (tertiary/aromatic N) is 2. The fraction of sp³-hybridized carbons (Fsp3) is 0.400. The topological polar surface area (TPSA) is 60.8 Å². The summed E-state index contributed by atoms with van der Waals surface area (Å²) in [5, 5.41) is 0. The van der Waals surface area contributed by atoms with Crippen molar-refractivity contribution >= 4 is 12.1 Å². The van der Waals surface area contributed by atoms with Crippen LogP contribution in [0.25, 0.3) is 0 Å². The first-order chi connectivity index (χ1) is 12.7. The summed E-state index contributed by atoms with van der Waals surface area (Å²) in [4.78, 5) is 25.7. The van der Waals surface area contributed by atoms with Crippen LogP contribution >= 0.6 is 0 Å². The molecule has 6 nitrogen and oxygen atoms in total. The van der Waals surface area contributed by atoms with Gasteiger partial charge in [0.2, 0.25) is 0 Å². The van der Waals surface area contributed by atoms with Gasteiger partial charge < -0.3 is 18.9 Å². The zero-order valence-corrected chi connectivity index (χ0v) is 15.0. The van der Waals surface area contributed by atoms with Crippen LogP contribution in [0.3, 0.4) is 0 Å². The standard InChI is InChI=1S/C20H24N2O4/c1-25-19(23)18-8-5-11-22(18)14-16-9-12-21(13-10-16)20(24)26-15-17-6-3-2-4-7-17/h2-8,11,16H,9-10,12-15H2,1H3. The zero-order valence-electron chi connectivity index (χ0n) is 15.0. The average Bonchev–Trinajstić information content (AvgIpc) is 3.15. The summed E-state index contributed by atoms with van der Waals surface area (Å²) in [6.07, 6.45) is 3.41. The number of hydrogen-bond donors (Lipinski definition) is 0. The molecule has 0 atom stereocenters. The Morgan fingerprint density at radius 1 is 1.08 bits per heavy atom. The molecule has 2 heterocycles. The predicted octanol–water partition coefficient (Wildman–Crippen LogP) is 3.32. The van der Waals surface area contributed by atoms with E-state index in [4.69, 9.17) is 9.47 Å². The molecule has 0 bridgehead atoms. The van der Waals surface area contributed by atoms with E-state index in [2.05, 4.69) is 0 Å². The van der Waals surface area contributed by atoms with Crippen molar-refractivity contribution in [2.75, 3.05) is 20.2 Å². The zero-order chi connectivity index (χ0) is 18.4. The van der Waals surface area contributed by atoms with Crippen LogP contribution in [0.15, 0.2) is 48.7 Å². The van der Waals surface area contributed by atoms with Crippen molar-refractivity contribution in [3.8, 4) is 0 Å². The van der Waals surface area contributed by atoms with Gasteiger partial charge in [0.05, 0.1) is 7.11 Å². The second kappa shape index (κ2) is 8.56. The number of aromatic nitrogens is 1. The molecule has 1 aromatic carbocycles. The molecule has 0 spiro atoms. The number of carbonyl (C=O) groups excluding carboxylic acids is 2. The largest absolute Gasteiger partial charge is 0.464 e. The number of methoxy groups -OCH3 is 1. The lowest BCUT2D eigenvalue weighted by Gasteiger charge is -2.31. The Morgan fingerprint density at radius 3 is 2.50 bits per heavy atom. The van der Waals surface area contributed by atoms with Crippen molar-refractivity contribution in [1.82, 2.24) is 9.47 Å². The highest BCUT2D eigenvalue weighted by atomic mass is 16.6. The highest BCUT2D eigenvalue weighted by Gasteiger charge is 2.25. The first kappa shape index (κ1) is 18.0. The molecule has 3 rings (SSSR count). The Hall–Kier alpha value is -2.76. The fourth-order valence-electron chi connectivity index (χ4n) is 3.25. The molecule has 2 aromatic rings. The fourth-order valence-corrected chi connectivity index (χ4v) is 3.25. The maximum Gasteiger partial charge on any atom is 0.410 e. The maximum absolute atomic E-state index is 12.2. The van der Waals surface area contributed by atoms with Crippen molar-refractivity contribution in [3.05, 3.63) is 59.9 Å². The molecule has 1 fully saturated rings. The first-order valence-corrected chi connectivity index (χ1v) is 8.86. The van der Waals surface area contributed by atoms with Gasteiger partial charge in [-0.3, -0.25) is 0 Å². The highest BCUT2D eigenvalue weighted by molar-refractivity contribution is 5.87.